The van der Waals surface area contributed by atoms with Crippen molar-refractivity contribution >= 4 is 10.8 Å². The van der Waals surface area contributed by atoms with Crippen LogP contribution in [-0.4, -0.2) is 15.5 Å². The van der Waals surface area contributed by atoms with E-state index in [9.17, 15) is 4.21 Å². The molecule has 1 saturated carbocycles. The van der Waals surface area contributed by atoms with Crippen LogP contribution >= 0.6 is 0 Å². The molecule has 0 radical (unpaired) electrons. The van der Waals surface area contributed by atoms with Crippen molar-refractivity contribution in [3.8, 4) is 0 Å². The van der Waals surface area contributed by atoms with Crippen molar-refractivity contribution in [2.24, 2.45) is 17.1 Å². The highest BCUT2D eigenvalue weighted by atomic mass is 32.2. The predicted octanol–water partition coefficient (Wildman–Crippen LogP) is 4.03. The standard InChI is InChI=1S/C18H29NOS/c1-5-18(3,4)14-10-11-15(19)17(12-14)21(20)16-9-7-6-8-13(16)2/h6-9,14-15,17H,5,10-12,19H2,1-4H3. The number of nitrogens with two attached hydrogens (primary N) is 1. The maximum absolute atomic E-state index is 13.0. The summed E-state index contributed by atoms with van der Waals surface area (Å²) in [4.78, 5) is 0.966. The van der Waals surface area contributed by atoms with Crippen molar-refractivity contribution < 1.29 is 4.21 Å². The minimum atomic E-state index is -0.994. The van der Waals surface area contributed by atoms with E-state index in [0.717, 1.165) is 29.7 Å². The van der Waals surface area contributed by atoms with E-state index in [1.54, 1.807) is 0 Å². The molecule has 0 aromatic heterocycles. The van der Waals surface area contributed by atoms with Gasteiger partial charge in [0.15, 0.2) is 0 Å². The largest absolute Gasteiger partial charge is 0.327 e. The first-order chi connectivity index (χ1) is 9.86. The molecule has 118 valence electrons. The summed E-state index contributed by atoms with van der Waals surface area (Å²) in [6, 6.07) is 8.07. The summed E-state index contributed by atoms with van der Waals surface area (Å²) < 4.78 is 13.0. The number of hydrogen-bond acceptors (Lipinski definition) is 2. The Kier molecular flexibility index (Phi) is 5.26. The Morgan fingerprint density at radius 3 is 2.57 bits per heavy atom. The summed E-state index contributed by atoms with van der Waals surface area (Å²) in [7, 11) is -0.994. The molecule has 0 heterocycles. The molecule has 2 rings (SSSR count). The van der Waals surface area contributed by atoms with Gasteiger partial charge in [0.1, 0.15) is 0 Å². The van der Waals surface area contributed by atoms with Gasteiger partial charge in [0.05, 0.1) is 16.0 Å². The second kappa shape index (κ2) is 6.62. The highest BCUT2D eigenvalue weighted by Crippen LogP contribution is 2.42. The van der Waals surface area contributed by atoms with Gasteiger partial charge in [-0.2, -0.15) is 0 Å². The second-order valence-electron chi connectivity index (χ2n) is 7.12. The third-order valence-corrected chi connectivity index (χ3v) is 7.43. The first-order valence-corrected chi connectivity index (χ1v) is 9.30. The van der Waals surface area contributed by atoms with E-state index in [1.807, 2.05) is 31.2 Å². The molecule has 2 nitrogen and oxygen atoms in total. The van der Waals surface area contributed by atoms with Gasteiger partial charge in [-0.3, -0.25) is 4.21 Å². The predicted molar refractivity (Wildman–Crippen MR) is 90.8 cm³/mol. The molecule has 4 atom stereocenters. The molecule has 3 heteroatoms. The molecular formula is C18H29NOS. The van der Waals surface area contributed by atoms with Crippen LogP contribution in [0.5, 0.6) is 0 Å². The highest BCUT2D eigenvalue weighted by Gasteiger charge is 2.38. The number of hydrogen-bond donors (Lipinski definition) is 1. The van der Waals surface area contributed by atoms with Crippen LogP contribution < -0.4 is 5.73 Å². The fraction of sp³-hybridized carbons (Fsp3) is 0.667. The van der Waals surface area contributed by atoms with Crippen molar-refractivity contribution in [3.05, 3.63) is 29.8 Å². The Hall–Kier alpha value is -0.670. The molecule has 2 N–H and O–H groups in total. The van der Waals surface area contributed by atoms with Gasteiger partial charge in [-0.05, 0) is 49.1 Å². The summed E-state index contributed by atoms with van der Waals surface area (Å²) in [5.41, 5.74) is 7.75. The third-order valence-electron chi connectivity index (χ3n) is 5.44. The quantitative estimate of drug-likeness (QED) is 0.912. The molecule has 0 spiro atoms. The van der Waals surface area contributed by atoms with Crippen LogP contribution in [0, 0.1) is 18.3 Å². The Morgan fingerprint density at radius 2 is 1.95 bits per heavy atom. The Labute approximate surface area is 132 Å². The molecule has 1 aromatic carbocycles. The summed E-state index contributed by atoms with van der Waals surface area (Å²) in [6.45, 7) is 8.96. The van der Waals surface area contributed by atoms with Crippen molar-refractivity contribution in [1.29, 1.82) is 0 Å². The minimum absolute atomic E-state index is 0.0642. The molecule has 1 fully saturated rings. The topological polar surface area (TPSA) is 43.1 Å². The normalized spacial score (nSPS) is 28.3. The average molecular weight is 308 g/mol. The lowest BCUT2D eigenvalue weighted by atomic mass is 9.69. The first-order valence-electron chi connectivity index (χ1n) is 8.08. The van der Waals surface area contributed by atoms with Gasteiger partial charge in [0, 0.05) is 10.9 Å². The molecule has 0 saturated heterocycles. The molecule has 1 aromatic rings. The minimum Gasteiger partial charge on any atom is -0.327 e. The summed E-state index contributed by atoms with van der Waals surface area (Å²) in [6.07, 6.45) is 4.32. The maximum Gasteiger partial charge on any atom is 0.0579 e. The molecule has 1 aliphatic rings. The van der Waals surface area contributed by atoms with Gasteiger partial charge < -0.3 is 5.73 Å². The van der Waals surface area contributed by atoms with Crippen molar-refractivity contribution in [1.82, 2.24) is 0 Å². The van der Waals surface area contributed by atoms with Crippen LogP contribution in [0.1, 0.15) is 52.0 Å². The number of rotatable bonds is 4. The van der Waals surface area contributed by atoms with Crippen molar-refractivity contribution in [2.45, 2.75) is 69.6 Å². The van der Waals surface area contributed by atoms with Crippen LogP contribution in [0.4, 0.5) is 0 Å². The maximum atomic E-state index is 13.0. The lowest BCUT2D eigenvalue weighted by Gasteiger charge is -2.41. The van der Waals surface area contributed by atoms with Crippen LogP contribution in [0.25, 0.3) is 0 Å². The molecule has 0 aliphatic heterocycles. The fourth-order valence-corrected chi connectivity index (χ4v) is 5.13. The summed E-state index contributed by atoms with van der Waals surface area (Å²) >= 11 is 0. The van der Waals surface area contributed by atoms with Crippen LogP contribution in [0.15, 0.2) is 29.2 Å². The van der Waals surface area contributed by atoms with Crippen LogP contribution in [0.2, 0.25) is 0 Å². The Bertz CT molecular complexity index is 512. The first kappa shape index (κ1) is 16.7. The van der Waals surface area contributed by atoms with Gasteiger partial charge >= 0.3 is 0 Å². The summed E-state index contributed by atoms with van der Waals surface area (Å²) in [5.74, 6) is 0.625. The summed E-state index contributed by atoms with van der Waals surface area (Å²) in [5, 5.41) is 0.0932. The number of benzene rings is 1. The van der Waals surface area contributed by atoms with Crippen molar-refractivity contribution in [2.75, 3.05) is 0 Å². The van der Waals surface area contributed by atoms with Crippen LogP contribution in [-0.2, 0) is 10.8 Å². The third kappa shape index (κ3) is 3.57. The molecule has 4 unspecified atom stereocenters. The lowest BCUT2D eigenvalue weighted by molar-refractivity contribution is 0.147. The highest BCUT2D eigenvalue weighted by molar-refractivity contribution is 7.85. The Balaban J connectivity index is 2.21. The second-order valence-corrected chi connectivity index (χ2v) is 8.76. The van der Waals surface area contributed by atoms with Crippen LogP contribution in [0.3, 0.4) is 0 Å². The molecule has 21 heavy (non-hydrogen) atoms. The zero-order valence-electron chi connectivity index (χ0n) is 13.8. The monoisotopic (exact) mass is 307 g/mol. The van der Waals surface area contributed by atoms with E-state index in [1.165, 1.54) is 6.42 Å². The fourth-order valence-electron chi connectivity index (χ4n) is 3.34. The van der Waals surface area contributed by atoms with E-state index in [4.69, 9.17) is 5.73 Å². The zero-order chi connectivity index (χ0) is 15.6. The van der Waals surface area contributed by atoms with E-state index < -0.39 is 10.8 Å². The van der Waals surface area contributed by atoms with Gasteiger partial charge in [0.25, 0.3) is 0 Å². The van der Waals surface area contributed by atoms with E-state index >= 15 is 0 Å². The zero-order valence-corrected chi connectivity index (χ0v) is 14.6. The smallest absolute Gasteiger partial charge is 0.0579 e. The molecular weight excluding hydrogens is 278 g/mol. The van der Waals surface area contributed by atoms with Gasteiger partial charge in [-0.15, -0.1) is 0 Å². The SMILES string of the molecule is CCC(C)(C)C1CCC(N)C(S(=O)c2ccccc2C)C1. The van der Waals surface area contributed by atoms with Gasteiger partial charge in [0.2, 0.25) is 0 Å². The van der Waals surface area contributed by atoms with Crippen molar-refractivity contribution in [3.63, 3.8) is 0 Å². The van der Waals surface area contributed by atoms with E-state index in [2.05, 4.69) is 20.8 Å². The van der Waals surface area contributed by atoms with Gasteiger partial charge in [-0.25, -0.2) is 0 Å². The molecule has 1 aliphatic carbocycles. The van der Waals surface area contributed by atoms with Gasteiger partial charge in [-0.1, -0.05) is 45.4 Å². The lowest BCUT2D eigenvalue weighted by Crippen LogP contribution is -2.45. The average Bonchev–Trinajstić information content (AvgIpc) is 2.47. The number of aryl methyl sites for hydroxylation is 1. The van der Waals surface area contributed by atoms with E-state index in [0.29, 0.717) is 11.3 Å². The Morgan fingerprint density at radius 1 is 1.29 bits per heavy atom. The molecule has 0 amide bonds. The molecule has 0 bridgehead atoms. The van der Waals surface area contributed by atoms with E-state index in [-0.39, 0.29) is 11.3 Å².